The average molecular weight is 185 g/mol. The van der Waals surface area contributed by atoms with Crippen molar-refractivity contribution in [1.82, 2.24) is 0 Å². The number of anilines is 1. The molecule has 2 nitrogen and oxygen atoms in total. The summed E-state index contributed by atoms with van der Waals surface area (Å²) in [6.07, 6.45) is 3.82. The van der Waals surface area contributed by atoms with E-state index in [0.29, 0.717) is 0 Å². The second kappa shape index (κ2) is 4.42. The molecule has 2 N–H and O–H groups in total. The van der Waals surface area contributed by atoms with Gasteiger partial charge >= 0.3 is 0 Å². The van der Waals surface area contributed by atoms with Crippen molar-refractivity contribution in [2.75, 3.05) is 5.32 Å². The molecule has 0 aliphatic carbocycles. The quantitative estimate of drug-likeness (QED) is 0.778. The van der Waals surface area contributed by atoms with Gasteiger partial charge in [-0.3, -0.25) is 0 Å². The van der Waals surface area contributed by atoms with Crippen molar-refractivity contribution >= 4 is 5.69 Å². The third-order valence-electron chi connectivity index (χ3n) is 2.06. The summed E-state index contributed by atoms with van der Waals surface area (Å²) in [5, 5.41) is 3.34. The van der Waals surface area contributed by atoms with Crippen LogP contribution < -0.4 is 10.3 Å². The molecule has 0 atom stereocenters. The maximum absolute atomic E-state index is 3.34. The fourth-order valence-corrected chi connectivity index (χ4v) is 1.30. The van der Waals surface area contributed by atoms with E-state index < -0.39 is 0 Å². The molecule has 1 aromatic carbocycles. The standard InChI is InChI=1S/C12H12N2/c1-2-4-11(5-3-1)10-14-12-6-8-13-9-7-12/h1-9H,10H2,(H,13,14)/p+1. The summed E-state index contributed by atoms with van der Waals surface area (Å²) in [4.78, 5) is 2.99. The Bertz CT molecular complexity index is 331. The summed E-state index contributed by atoms with van der Waals surface area (Å²) in [7, 11) is 0. The molecule has 0 spiro atoms. The van der Waals surface area contributed by atoms with E-state index in [0.717, 1.165) is 12.2 Å². The molecule has 0 radical (unpaired) electrons. The van der Waals surface area contributed by atoms with Crippen LogP contribution in [-0.2, 0) is 6.54 Å². The Kier molecular flexibility index (Phi) is 2.76. The number of rotatable bonds is 3. The number of pyridine rings is 1. The van der Waals surface area contributed by atoms with Crippen LogP contribution in [0.1, 0.15) is 5.56 Å². The van der Waals surface area contributed by atoms with E-state index in [4.69, 9.17) is 0 Å². The summed E-state index contributed by atoms with van der Waals surface area (Å²) < 4.78 is 0. The molecule has 2 aromatic rings. The molecule has 0 amide bonds. The van der Waals surface area contributed by atoms with Crippen molar-refractivity contribution < 1.29 is 4.98 Å². The topological polar surface area (TPSA) is 26.2 Å². The van der Waals surface area contributed by atoms with Gasteiger partial charge in [-0.25, -0.2) is 4.98 Å². The van der Waals surface area contributed by atoms with Crippen LogP contribution in [0.15, 0.2) is 54.9 Å². The molecule has 1 heterocycles. The molecule has 14 heavy (non-hydrogen) atoms. The van der Waals surface area contributed by atoms with E-state index in [1.165, 1.54) is 5.56 Å². The van der Waals surface area contributed by atoms with Crippen LogP contribution in [-0.4, -0.2) is 0 Å². The number of H-pyrrole nitrogens is 1. The highest BCUT2D eigenvalue weighted by Crippen LogP contribution is 2.05. The number of nitrogens with one attached hydrogen (secondary N) is 2. The Labute approximate surface area is 83.6 Å². The van der Waals surface area contributed by atoms with Gasteiger partial charge in [0.05, 0.1) is 0 Å². The number of benzene rings is 1. The van der Waals surface area contributed by atoms with E-state index in [9.17, 15) is 0 Å². The van der Waals surface area contributed by atoms with E-state index in [2.05, 4.69) is 34.6 Å². The molecule has 0 bridgehead atoms. The number of hydrogen-bond donors (Lipinski definition) is 1. The monoisotopic (exact) mass is 185 g/mol. The SMILES string of the molecule is c1ccc(CNc2cc[nH+]cc2)cc1. The van der Waals surface area contributed by atoms with Gasteiger partial charge in [0.25, 0.3) is 0 Å². The molecule has 0 aliphatic rings. The maximum atomic E-state index is 3.34. The fourth-order valence-electron chi connectivity index (χ4n) is 1.30. The van der Waals surface area contributed by atoms with E-state index >= 15 is 0 Å². The molecule has 0 aliphatic heterocycles. The Hall–Kier alpha value is -1.83. The molecule has 2 heteroatoms. The third-order valence-corrected chi connectivity index (χ3v) is 2.06. The van der Waals surface area contributed by atoms with Crippen molar-refractivity contribution in [3.8, 4) is 0 Å². The second-order valence-electron chi connectivity index (χ2n) is 3.13. The first-order chi connectivity index (χ1) is 6.95. The average Bonchev–Trinajstić information content (AvgIpc) is 2.29. The summed E-state index contributed by atoms with van der Waals surface area (Å²) in [6.45, 7) is 0.866. The normalized spacial score (nSPS) is 9.71. The number of aromatic nitrogens is 1. The van der Waals surface area contributed by atoms with Crippen LogP contribution in [0.3, 0.4) is 0 Å². The van der Waals surface area contributed by atoms with Crippen molar-refractivity contribution in [1.29, 1.82) is 0 Å². The zero-order valence-electron chi connectivity index (χ0n) is 7.90. The van der Waals surface area contributed by atoms with E-state index in [1.54, 1.807) is 0 Å². The van der Waals surface area contributed by atoms with Crippen molar-refractivity contribution in [2.45, 2.75) is 6.54 Å². The maximum Gasteiger partial charge on any atom is 0.169 e. The van der Waals surface area contributed by atoms with Crippen LogP contribution >= 0.6 is 0 Å². The van der Waals surface area contributed by atoms with Gasteiger partial charge in [-0.2, -0.15) is 0 Å². The summed E-state index contributed by atoms with van der Waals surface area (Å²) in [6, 6.07) is 14.4. The zero-order chi connectivity index (χ0) is 9.64. The lowest BCUT2D eigenvalue weighted by atomic mass is 10.2. The smallest absolute Gasteiger partial charge is 0.169 e. The Morgan fingerprint density at radius 1 is 0.929 bits per heavy atom. The van der Waals surface area contributed by atoms with Crippen LogP contribution in [0.2, 0.25) is 0 Å². The van der Waals surface area contributed by atoms with Crippen LogP contribution in [0, 0.1) is 0 Å². The van der Waals surface area contributed by atoms with Crippen LogP contribution in [0.25, 0.3) is 0 Å². The van der Waals surface area contributed by atoms with Gasteiger partial charge in [0.15, 0.2) is 12.4 Å². The third kappa shape index (κ3) is 2.33. The molecule has 70 valence electrons. The molecule has 1 aromatic heterocycles. The lowest BCUT2D eigenvalue weighted by Gasteiger charge is -2.04. The molecule has 0 saturated carbocycles. The van der Waals surface area contributed by atoms with Gasteiger partial charge in [0.2, 0.25) is 0 Å². The minimum atomic E-state index is 0.866. The first kappa shape index (κ1) is 8.75. The zero-order valence-corrected chi connectivity index (χ0v) is 7.90. The van der Waals surface area contributed by atoms with Gasteiger partial charge in [-0.15, -0.1) is 0 Å². The van der Waals surface area contributed by atoms with Crippen molar-refractivity contribution in [3.63, 3.8) is 0 Å². The molecular weight excluding hydrogens is 172 g/mol. The lowest BCUT2D eigenvalue weighted by molar-refractivity contribution is -0.377. The first-order valence-electron chi connectivity index (χ1n) is 4.69. The highest BCUT2D eigenvalue weighted by atomic mass is 14.9. The Balaban J connectivity index is 1.96. The molecule has 0 saturated heterocycles. The highest BCUT2D eigenvalue weighted by molar-refractivity contribution is 5.40. The predicted octanol–water partition coefficient (Wildman–Crippen LogP) is 2.11. The fraction of sp³-hybridized carbons (Fsp3) is 0.0833. The summed E-state index contributed by atoms with van der Waals surface area (Å²) in [5.74, 6) is 0. The van der Waals surface area contributed by atoms with Gasteiger partial charge in [-0.05, 0) is 5.56 Å². The number of aromatic amines is 1. The van der Waals surface area contributed by atoms with Gasteiger partial charge in [0.1, 0.15) is 0 Å². The largest absolute Gasteiger partial charge is 0.381 e. The summed E-state index contributed by atoms with van der Waals surface area (Å²) in [5.41, 5.74) is 2.42. The second-order valence-corrected chi connectivity index (χ2v) is 3.13. The molecular formula is C12H13N2+. The van der Waals surface area contributed by atoms with Gasteiger partial charge in [0, 0.05) is 24.4 Å². The van der Waals surface area contributed by atoms with E-state index in [-0.39, 0.29) is 0 Å². The molecule has 0 fully saturated rings. The van der Waals surface area contributed by atoms with Crippen LogP contribution in [0.5, 0.6) is 0 Å². The predicted molar refractivity (Wildman–Crippen MR) is 56.8 cm³/mol. The van der Waals surface area contributed by atoms with E-state index in [1.807, 2.05) is 30.6 Å². The van der Waals surface area contributed by atoms with Crippen LogP contribution in [0.4, 0.5) is 5.69 Å². The lowest BCUT2D eigenvalue weighted by Crippen LogP contribution is -2.02. The van der Waals surface area contributed by atoms with Crippen molar-refractivity contribution in [2.24, 2.45) is 0 Å². The Morgan fingerprint density at radius 3 is 2.36 bits per heavy atom. The highest BCUT2D eigenvalue weighted by Gasteiger charge is 1.92. The number of hydrogen-bond acceptors (Lipinski definition) is 1. The summed E-state index contributed by atoms with van der Waals surface area (Å²) >= 11 is 0. The minimum absolute atomic E-state index is 0.866. The molecule has 2 rings (SSSR count). The minimum Gasteiger partial charge on any atom is -0.381 e. The van der Waals surface area contributed by atoms with Gasteiger partial charge < -0.3 is 5.32 Å². The van der Waals surface area contributed by atoms with Crippen molar-refractivity contribution in [3.05, 3.63) is 60.4 Å². The van der Waals surface area contributed by atoms with Gasteiger partial charge in [-0.1, -0.05) is 30.3 Å². The molecule has 0 unspecified atom stereocenters. The first-order valence-corrected chi connectivity index (χ1v) is 4.69. The Morgan fingerprint density at radius 2 is 1.64 bits per heavy atom.